The zero-order valence-corrected chi connectivity index (χ0v) is 14.5. The van der Waals surface area contributed by atoms with Crippen LogP contribution >= 0.6 is 0 Å². The summed E-state index contributed by atoms with van der Waals surface area (Å²) >= 11 is 0. The van der Waals surface area contributed by atoms with E-state index in [4.69, 9.17) is 14.2 Å². The highest BCUT2D eigenvalue weighted by atomic mass is 16.5. The highest BCUT2D eigenvalue weighted by Gasteiger charge is 2.34. The fraction of sp³-hybridized carbons (Fsp3) is 0.556. The predicted molar refractivity (Wildman–Crippen MR) is 89.0 cm³/mol. The van der Waals surface area contributed by atoms with Crippen LogP contribution in [0.2, 0.25) is 0 Å². The van der Waals surface area contributed by atoms with Crippen molar-refractivity contribution < 1.29 is 23.8 Å². The Hall–Kier alpha value is -2.24. The molecule has 1 atom stereocenters. The maximum absolute atomic E-state index is 12.4. The molecule has 1 aliphatic carbocycles. The molecular weight excluding hydrogens is 310 g/mol. The molecule has 1 amide bonds. The van der Waals surface area contributed by atoms with Crippen molar-refractivity contribution in [3.63, 3.8) is 0 Å². The standard InChI is InChI=1S/C18H25NO5/c1-4-23-15-7-9-16(10-8-15)24-12-17(20)19(14-5-6-14)11-13(2)18(21)22-3/h7-10,13-14H,4-6,11-12H2,1-3H3. The first-order valence-corrected chi connectivity index (χ1v) is 8.28. The van der Waals surface area contributed by atoms with Crippen molar-refractivity contribution in [1.29, 1.82) is 0 Å². The van der Waals surface area contributed by atoms with Crippen molar-refractivity contribution >= 4 is 11.9 Å². The van der Waals surface area contributed by atoms with Crippen LogP contribution in [0.25, 0.3) is 0 Å². The van der Waals surface area contributed by atoms with Crippen LogP contribution in [0.5, 0.6) is 11.5 Å². The fourth-order valence-corrected chi connectivity index (χ4v) is 2.44. The number of hydrogen-bond donors (Lipinski definition) is 0. The normalized spacial score (nSPS) is 14.6. The minimum Gasteiger partial charge on any atom is -0.494 e. The first-order chi connectivity index (χ1) is 11.5. The van der Waals surface area contributed by atoms with Gasteiger partial charge in [0.15, 0.2) is 6.61 Å². The van der Waals surface area contributed by atoms with E-state index in [1.807, 2.05) is 6.92 Å². The maximum Gasteiger partial charge on any atom is 0.310 e. The lowest BCUT2D eigenvalue weighted by Crippen LogP contribution is -2.41. The van der Waals surface area contributed by atoms with Gasteiger partial charge in [-0.25, -0.2) is 0 Å². The molecule has 6 nitrogen and oxygen atoms in total. The lowest BCUT2D eigenvalue weighted by atomic mass is 10.1. The Labute approximate surface area is 142 Å². The molecule has 0 heterocycles. The van der Waals surface area contributed by atoms with E-state index in [0.717, 1.165) is 18.6 Å². The van der Waals surface area contributed by atoms with E-state index in [1.54, 1.807) is 36.1 Å². The Balaban J connectivity index is 1.87. The van der Waals surface area contributed by atoms with Gasteiger partial charge in [-0.1, -0.05) is 6.92 Å². The monoisotopic (exact) mass is 335 g/mol. The summed E-state index contributed by atoms with van der Waals surface area (Å²) in [5, 5.41) is 0. The molecule has 0 radical (unpaired) electrons. The Bertz CT molecular complexity index is 553. The molecule has 2 rings (SSSR count). The van der Waals surface area contributed by atoms with Crippen molar-refractivity contribution in [2.75, 3.05) is 26.9 Å². The van der Waals surface area contributed by atoms with Gasteiger partial charge >= 0.3 is 5.97 Å². The van der Waals surface area contributed by atoms with E-state index >= 15 is 0 Å². The van der Waals surface area contributed by atoms with Crippen molar-refractivity contribution in [3.8, 4) is 11.5 Å². The number of amides is 1. The van der Waals surface area contributed by atoms with Crippen LogP contribution in [0.3, 0.4) is 0 Å². The number of ether oxygens (including phenoxy) is 3. The minimum absolute atomic E-state index is 0.0433. The molecule has 1 saturated carbocycles. The quantitative estimate of drug-likeness (QED) is 0.648. The molecule has 1 fully saturated rings. The van der Waals surface area contributed by atoms with Crippen LogP contribution < -0.4 is 9.47 Å². The molecule has 24 heavy (non-hydrogen) atoms. The van der Waals surface area contributed by atoms with Crippen molar-refractivity contribution in [1.82, 2.24) is 4.90 Å². The van der Waals surface area contributed by atoms with Crippen molar-refractivity contribution in [3.05, 3.63) is 24.3 Å². The number of methoxy groups -OCH3 is 1. The van der Waals surface area contributed by atoms with Crippen LogP contribution in [-0.2, 0) is 14.3 Å². The molecule has 1 aliphatic rings. The maximum atomic E-state index is 12.4. The minimum atomic E-state index is -0.343. The van der Waals surface area contributed by atoms with Gasteiger partial charge in [0.2, 0.25) is 0 Å². The first kappa shape index (κ1) is 18.1. The summed E-state index contributed by atoms with van der Waals surface area (Å²) < 4.78 is 15.7. The summed E-state index contributed by atoms with van der Waals surface area (Å²) in [6.07, 6.45) is 1.95. The number of esters is 1. The highest BCUT2D eigenvalue weighted by molar-refractivity contribution is 5.79. The lowest BCUT2D eigenvalue weighted by molar-refractivity contribution is -0.146. The van der Waals surface area contributed by atoms with E-state index < -0.39 is 0 Å². The van der Waals surface area contributed by atoms with E-state index in [1.165, 1.54) is 7.11 Å². The number of rotatable bonds is 9. The molecule has 0 spiro atoms. The summed E-state index contributed by atoms with van der Waals surface area (Å²) in [6, 6.07) is 7.38. The van der Waals surface area contributed by atoms with Gasteiger partial charge in [-0.3, -0.25) is 9.59 Å². The summed E-state index contributed by atoms with van der Waals surface area (Å²) in [6.45, 7) is 4.61. The van der Waals surface area contributed by atoms with Crippen molar-refractivity contribution in [2.24, 2.45) is 5.92 Å². The van der Waals surface area contributed by atoms with E-state index in [0.29, 0.717) is 18.9 Å². The van der Waals surface area contributed by atoms with E-state index in [9.17, 15) is 9.59 Å². The molecule has 0 N–H and O–H groups in total. The molecule has 1 aromatic rings. The Morgan fingerprint density at radius 3 is 2.25 bits per heavy atom. The third kappa shape index (κ3) is 5.15. The van der Waals surface area contributed by atoms with Gasteiger partial charge in [0.05, 0.1) is 19.6 Å². The fourth-order valence-electron chi connectivity index (χ4n) is 2.44. The van der Waals surface area contributed by atoms with Crippen LogP contribution in [0, 0.1) is 5.92 Å². The van der Waals surface area contributed by atoms with Gasteiger partial charge in [-0.2, -0.15) is 0 Å². The number of benzene rings is 1. The SMILES string of the molecule is CCOc1ccc(OCC(=O)N(CC(C)C(=O)OC)C2CC2)cc1. The van der Waals surface area contributed by atoms with E-state index in [2.05, 4.69) is 0 Å². The van der Waals surface area contributed by atoms with Gasteiger partial charge in [0.1, 0.15) is 11.5 Å². The van der Waals surface area contributed by atoms with Crippen LogP contribution in [0.15, 0.2) is 24.3 Å². The summed E-state index contributed by atoms with van der Waals surface area (Å²) in [5.74, 6) is 0.624. The second-order valence-corrected chi connectivity index (χ2v) is 5.89. The number of carbonyl (C=O) groups excluding carboxylic acids is 2. The van der Waals surface area contributed by atoms with Gasteiger partial charge in [0, 0.05) is 12.6 Å². The number of nitrogens with zero attached hydrogens (tertiary/aromatic N) is 1. The largest absolute Gasteiger partial charge is 0.494 e. The Kier molecular flexibility index (Phi) is 6.46. The van der Waals surface area contributed by atoms with Gasteiger partial charge in [0.25, 0.3) is 5.91 Å². The molecule has 0 aromatic heterocycles. The van der Waals surface area contributed by atoms with Crippen LogP contribution in [0.4, 0.5) is 0 Å². The molecule has 132 valence electrons. The second-order valence-electron chi connectivity index (χ2n) is 5.89. The first-order valence-electron chi connectivity index (χ1n) is 8.28. The topological polar surface area (TPSA) is 65.1 Å². The molecule has 1 aromatic carbocycles. The molecule has 6 heteroatoms. The second kappa shape index (κ2) is 8.57. The highest BCUT2D eigenvalue weighted by Crippen LogP contribution is 2.28. The summed E-state index contributed by atoms with van der Waals surface area (Å²) in [4.78, 5) is 25.7. The average Bonchev–Trinajstić information content (AvgIpc) is 3.43. The van der Waals surface area contributed by atoms with Gasteiger partial charge in [-0.15, -0.1) is 0 Å². The number of carbonyl (C=O) groups is 2. The van der Waals surface area contributed by atoms with Gasteiger partial charge in [-0.05, 0) is 44.0 Å². The molecule has 0 saturated heterocycles. The van der Waals surface area contributed by atoms with Crippen LogP contribution in [0.1, 0.15) is 26.7 Å². The summed E-state index contributed by atoms with van der Waals surface area (Å²) in [7, 11) is 1.36. The zero-order chi connectivity index (χ0) is 17.5. The third-order valence-corrected chi connectivity index (χ3v) is 3.88. The molecular formula is C18H25NO5. The third-order valence-electron chi connectivity index (χ3n) is 3.88. The Morgan fingerprint density at radius 1 is 1.17 bits per heavy atom. The average molecular weight is 335 g/mol. The summed E-state index contributed by atoms with van der Waals surface area (Å²) in [5.41, 5.74) is 0. The van der Waals surface area contributed by atoms with Crippen molar-refractivity contribution in [2.45, 2.75) is 32.7 Å². The zero-order valence-electron chi connectivity index (χ0n) is 14.5. The molecule has 0 bridgehead atoms. The van der Waals surface area contributed by atoms with Crippen LogP contribution in [-0.4, -0.2) is 49.7 Å². The molecule has 1 unspecified atom stereocenters. The van der Waals surface area contributed by atoms with Gasteiger partial charge < -0.3 is 19.1 Å². The predicted octanol–water partition coefficient (Wildman–Crippen LogP) is 2.26. The van der Waals surface area contributed by atoms with E-state index in [-0.39, 0.29) is 30.4 Å². The number of hydrogen-bond acceptors (Lipinski definition) is 5. The Morgan fingerprint density at radius 2 is 1.75 bits per heavy atom. The smallest absolute Gasteiger partial charge is 0.310 e. The molecule has 0 aliphatic heterocycles. The lowest BCUT2D eigenvalue weighted by Gasteiger charge is -2.25.